The number of benzene rings is 1. The van der Waals surface area contributed by atoms with Crippen LogP contribution in [0.15, 0.2) is 35.6 Å². The number of aromatic nitrogens is 4. The van der Waals surface area contributed by atoms with Gasteiger partial charge in [0.15, 0.2) is 0 Å². The Labute approximate surface area is 173 Å². The minimum Gasteiger partial charge on any atom is -0.496 e. The molecule has 156 valence electrons. The van der Waals surface area contributed by atoms with Crippen molar-refractivity contribution in [2.75, 3.05) is 27.9 Å². The molecule has 0 saturated heterocycles. The lowest BCUT2D eigenvalue weighted by atomic mass is 10.0. The van der Waals surface area contributed by atoms with Crippen LogP contribution < -0.4 is 19.8 Å². The van der Waals surface area contributed by atoms with Gasteiger partial charge < -0.3 is 19.2 Å². The molecule has 0 radical (unpaired) electrons. The molecular weight excluding hydrogens is 386 g/mol. The van der Waals surface area contributed by atoms with E-state index < -0.39 is 0 Å². The summed E-state index contributed by atoms with van der Waals surface area (Å²) in [6, 6.07) is 3.66. The Hall–Kier alpha value is -3.46. The van der Waals surface area contributed by atoms with Crippen molar-refractivity contribution in [1.29, 1.82) is 0 Å². The summed E-state index contributed by atoms with van der Waals surface area (Å²) >= 11 is 0. The number of hydrogen-bond acceptors (Lipinski definition) is 8. The smallest absolute Gasteiger partial charge is 0.255 e. The Morgan fingerprint density at radius 1 is 1.07 bits per heavy atom. The Morgan fingerprint density at radius 3 is 2.40 bits per heavy atom. The van der Waals surface area contributed by atoms with Gasteiger partial charge in [0.25, 0.3) is 5.56 Å². The molecule has 3 heterocycles. The number of ether oxygens (including phenoxy) is 3. The monoisotopic (exact) mass is 409 g/mol. The Morgan fingerprint density at radius 2 is 1.77 bits per heavy atom. The summed E-state index contributed by atoms with van der Waals surface area (Å²) in [5, 5.41) is 0. The van der Waals surface area contributed by atoms with Gasteiger partial charge >= 0.3 is 0 Å². The van der Waals surface area contributed by atoms with Crippen LogP contribution in [0.5, 0.6) is 17.2 Å². The molecule has 30 heavy (non-hydrogen) atoms. The van der Waals surface area contributed by atoms with E-state index in [9.17, 15) is 4.79 Å². The molecule has 1 aliphatic heterocycles. The van der Waals surface area contributed by atoms with E-state index in [1.54, 1.807) is 33.7 Å². The molecule has 4 rings (SSSR count). The molecule has 9 nitrogen and oxygen atoms in total. The highest BCUT2D eigenvalue weighted by Crippen LogP contribution is 2.35. The summed E-state index contributed by atoms with van der Waals surface area (Å²) in [6.45, 7) is 1.82. The van der Waals surface area contributed by atoms with Crippen molar-refractivity contribution in [3.05, 3.63) is 58.0 Å². The van der Waals surface area contributed by atoms with E-state index >= 15 is 0 Å². The number of rotatable bonds is 6. The third-order valence-corrected chi connectivity index (χ3v) is 5.18. The number of fused-ring (bicyclic) bond motifs is 1. The number of nitrogens with one attached hydrogen (secondary N) is 1. The summed E-state index contributed by atoms with van der Waals surface area (Å²) in [7, 11) is 4.84. The van der Waals surface area contributed by atoms with E-state index in [2.05, 4.69) is 24.8 Å². The standard InChI is InChI=1S/C21H23N5O4/c1-28-14-6-18(29-2)16(19(7-14)30-3)11-26-5-4-17-15(10-26)21(27)25-20(24-17)13-8-22-12-23-9-13/h6-9,12H,4-5,10-11H2,1-3H3,(H,24,25,27). The minimum atomic E-state index is -0.141. The summed E-state index contributed by atoms with van der Waals surface area (Å²) in [4.78, 5) is 30.4. The number of methoxy groups -OCH3 is 3. The molecule has 1 aliphatic rings. The van der Waals surface area contributed by atoms with E-state index in [1.165, 1.54) is 6.33 Å². The summed E-state index contributed by atoms with van der Waals surface area (Å²) in [5.74, 6) is 2.52. The average Bonchev–Trinajstić information content (AvgIpc) is 2.79. The fraction of sp³-hybridized carbons (Fsp3) is 0.333. The van der Waals surface area contributed by atoms with Crippen molar-refractivity contribution < 1.29 is 14.2 Å². The van der Waals surface area contributed by atoms with Crippen LogP contribution >= 0.6 is 0 Å². The topological polar surface area (TPSA) is 102 Å². The lowest BCUT2D eigenvalue weighted by Gasteiger charge is -2.29. The highest BCUT2D eigenvalue weighted by molar-refractivity contribution is 5.52. The maximum atomic E-state index is 12.8. The zero-order valence-corrected chi connectivity index (χ0v) is 17.1. The molecule has 3 aromatic rings. The second-order valence-corrected chi connectivity index (χ2v) is 6.94. The Bertz CT molecular complexity index is 1080. The summed E-state index contributed by atoms with van der Waals surface area (Å²) in [5.41, 5.74) is 2.94. The molecule has 2 aromatic heterocycles. The second-order valence-electron chi connectivity index (χ2n) is 6.94. The van der Waals surface area contributed by atoms with Crippen molar-refractivity contribution in [1.82, 2.24) is 24.8 Å². The van der Waals surface area contributed by atoms with Gasteiger partial charge in [-0.2, -0.15) is 0 Å². The zero-order chi connectivity index (χ0) is 21.1. The number of aromatic amines is 1. The molecule has 0 amide bonds. The number of nitrogens with zero attached hydrogens (tertiary/aromatic N) is 4. The highest BCUT2D eigenvalue weighted by Gasteiger charge is 2.24. The van der Waals surface area contributed by atoms with Gasteiger partial charge in [-0.05, 0) is 0 Å². The van der Waals surface area contributed by atoms with Gasteiger partial charge in [0.2, 0.25) is 0 Å². The molecule has 9 heteroatoms. The van der Waals surface area contributed by atoms with Gasteiger partial charge in [-0.3, -0.25) is 9.69 Å². The van der Waals surface area contributed by atoms with Crippen LogP contribution in [-0.4, -0.2) is 52.7 Å². The predicted octanol–water partition coefficient (Wildman–Crippen LogP) is 1.81. The molecule has 0 aliphatic carbocycles. The summed E-state index contributed by atoms with van der Waals surface area (Å²) in [6.07, 6.45) is 5.38. The van der Waals surface area contributed by atoms with Crippen molar-refractivity contribution >= 4 is 0 Å². The van der Waals surface area contributed by atoms with Crippen LogP contribution in [0.4, 0.5) is 0 Å². The molecule has 1 aromatic carbocycles. The largest absolute Gasteiger partial charge is 0.496 e. The van der Waals surface area contributed by atoms with Crippen LogP contribution in [0.3, 0.4) is 0 Å². The van der Waals surface area contributed by atoms with E-state index in [-0.39, 0.29) is 5.56 Å². The van der Waals surface area contributed by atoms with Crippen LogP contribution in [0.1, 0.15) is 16.8 Å². The first-order valence-electron chi connectivity index (χ1n) is 9.51. The van der Waals surface area contributed by atoms with Crippen LogP contribution in [0.25, 0.3) is 11.4 Å². The first kappa shape index (κ1) is 19.8. The fourth-order valence-electron chi connectivity index (χ4n) is 3.63. The molecule has 0 unspecified atom stereocenters. The molecule has 0 spiro atoms. The maximum absolute atomic E-state index is 12.8. The van der Waals surface area contributed by atoms with Crippen molar-refractivity contribution in [3.8, 4) is 28.6 Å². The first-order valence-corrected chi connectivity index (χ1v) is 9.51. The maximum Gasteiger partial charge on any atom is 0.255 e. The van der Waals surface area contributed by atoms with E-state index in [4.69, 9.17) is 14.2 Å². The molecule has 0 atom stereocenters. The summed E-state index contributed by atoms with van der Waals surface area (Å²) < 4.78 is 16.4. The predicted molar refractivity (Wildman–Crippen MR) is 110 cm³/mol. The van der Waals surface area contributed by atoms with Crippen molar-refractivity contribution in [2.24, 2.45) is 0 Å². The van der Waals surface area contributed by atoms with Crippen molar-refractivity contribution in [2.45, 2.75) is 19.5 Å². The van der Waals surface area contributed by atoms with Gasteiger partial charge in [-0.1, -0.05) is 0 Å². The van der Waals surface area contributed by atoms with Crippen LogP contribution in [-0.2, 0) is 19.5 Å². The Balaban J connectivity index is 1.61. The van der Waals surface area contributed by atoms with Crippen molar-refractivity contribution in [3.63, 3.8) is 0 Å². The normalized spacial score (nSPS) is 13.6. The van der Waals surface area contributed by atoms with E-state index in [0.29, 0.717) is 53.7 Å². The van der Waals surface area contributed by atoms with E-state index in [1.807, 2.05) is 12.1 Å². The van der Waals surface area contributed by atoms with Gasteiger partial charge in [-0.15, -0.1) is 0 Å². The zero-order valence-electron chi connectivity index (χ0n) is 17.1. The highest BCUT2D eigenvalue weighted by atomic mass is 16.5. The molecular formula is C21H23N5O4. The lowest BCUT2D eigenvalue weighted by Crippen LogP contribution is -2.35. The quantitative estimate of drug-likeness (QED) is 0.658. The van der Waals surface area contributed by atoms with Gasteiger partial charge in [0, 0.05) is 50.6 Å². The van der Waals surface area contributed by atoms with Gasteiger partial charge in [0.05, 0.1) is 43.7 Å². The first-order chi connectivity index (χ1) is 14.6. The molecule has 1 N–H and O–H groups in total. The SMILES string of the molecule is COc1cc(OC)c(CN2CCc3nc(-c4cncnc4)[nH]c(=O)c3C2)c(OC)c1. The molecule has 0 saturated carbocycles. The molecule has 0 bridgehead atoms. The number of hydrogen-bond donors (Lipinski definition) is 1. The van der Waals surface area contributed by atoms with Crippen LogP contribution in [0.2, 0.25) is 0 Å². The second kappa shape index (κ2) is 8.50. The van der Waals surface area contributed by atoms with Gasteiger partial charge in [-0.25, -0.2) is 15.0 Å². The third-order valence-electron chi connectivity index (χ3n) is 5.18. The average molecular weight is 409 g/mol. The third kappa shape index (κ3) is 3.84. The van der Waals surface area contributed by atoms with E-state index in [0.717, 1.165) is 17.8 Å². The number of H-pyrrole nitrogens is 1. The molecule has 0 fully saturated rings. The van der Waals surface area contributed by atoms with Crippen LogP contribution in [0, 0.1) is 0 Å². The fourth-order valence-corrected chi connectivity index (χ4v) is 3.63. The Kier molecular flexibility index (Phi) is 5.62. The van der Waals surface area contributed by atoms with Gasteiger partial charge in [0.1, 0.15) is 29.4 Å². The minimum absolute atomic E-state index is 0.141. The lowest BCUT2D eigenvalue weighted by molar-refractivity contribution is 0.233.